The molecule has 0 saturated carbocycles. The molecule has 0 aromatic heterocycles. The zero-order chi connectivity index (χ0) is 40.5. The van der Waals surface area contributed by atoms with Gasteiger partial charge in [0.1, 0.15) is 23.6 Å². The van der Waals surface area contributed by atoms with E-state index < -0.39 is 114 Å². The maximum atomic E-state index is 14.2. The fourth-order valence-corrected chi connectivity index (χ4v) is 8.64. The van der Waals surface area contributed by atoms with Gasteiger partial charge >= 0.3 is 5.97 Å². The Morgan fingerprint density at radius 1 is 0.849 bits per heavy atom. The number of aliphatic hydroxyl groups is 5. The summed E-state index contributed by atoms with van der Waals surface area (Å²) in [5, 5.41) is 56.4. The lowest BCUT2D eigenvalue weighted by Crippen LogP contribution is -2.62. The average Bonchev–Trinajstić information content (AvgIpc) is 3.09. The van der Waals surface area contributed by atoms with Crippen LogP contribution in [0, 0.1) is 23.7 Å². The van der Waals surface area contributed by atoms with Crippen LogP contribution in [0.1, 0.15) is 88.5 Å². The van der Waals surface area contributed by atoms with Crippen molar-refractivity contribution in [1.29, 1.82) is 0 Å². The molecule has 0 bridgehead atoms. The zero-order valence-corrected chi connectivity index (χ0v) is 34.2. The molecule has 53 heavy (non-hydrogen) atoms. The minimum Gasteiger partial charge on any atom is -0.456 e. The second kappa shape index (κ2) is 17.9. The summed E-state index contributed by atoms with van der Waals surface area (Å²) < 4.78 is 43.6. The molecule has 0 amide bonds. The predicted molar refractivity (Wildman–Crippen MR) is 192 cm³/mol. The molecule has 3 fully saturated rings. The van der Waals surface area contributed by atoms with Gasteiger partial charge in [-0.25, -0.2) is 0 Å². The van der Waals surface area contributed by atoms with E-state index in [9.17, 15) is 35.1 Å². The molecule has 3 rings (SSSR count). The Hall–Kier alpha value is -1.34. The second-order valence-electron chi connectivity index (χ2n) is 16.9. The van der Waals surface area contributed by atoms with E-state index in [0.717, 1.165) is 0 Å². The van der Waals surface area contributed by atoms with Crippen molar-refractivity contribution in [2.24, 2.45) is 23.7 Å². The van der Waals surface area contributed by atoms with E-state index in [-0.39, 0.29) is 25.0 Å². The lowest BCUT2D eigenvalue weighted by molar-refractivity contribution is -0.319. The molecule has 3 heterocycles. The van der Waals surface area contributed by atoms with E-state index >= 15 is 0 Å². The summed E-state index contributed by atoms with van der Waals surface area (Å²) in [5.74, 6) is -5.10. The first-order valence-electron chi connectivity index (χ1n) is 18.9. The summed E-state index contributed by atoms with van der Waals surface area (Å²) in [6, 6.07) is -0.310. The molecule has 15 nitrogen and oxygen atoms in total. The number of aliphatic hydroxyl groups excluding tert-OH is 4. The van der Waals surface area contributed by atoms with Crippen LogP contribution in [0.5, 0.6) is 0 Å². The number of rotatable bonds is 8. The molecule has 310 valence electrons. The molecule has 0 aromatic rings. The smallest absolute Gasteiger partial charge is 0.311 e. The molecule has 0 radical (unpaired) electrons. The molecule has 0 spiro atoms. The van der Waals surface area contributed by atoms with Gasteiger partial charge in [-0.3, -0.25) is 9.59 Å². The maximum absolute atomic E-state index is 14.2. The fourth-order valence-electron chi connectivity index (χ4n) is 8.64. The van der Waals surface area contributed by atoms with Crippen molar-refractivity contribution >= 4 is 11.8 Å². The lowest BCUT2D eigenvalue weighted by atomic mass is 9.73. The van der Waals surface area contributed by atoms with Gasteiger partial charge in [-0.1, -0.05) is 20.8 Å². The minimum atomic E-state index is -2.24. The number of ether oxygens (including phenoxy) is 7. The van der Waals surface area contributed by atoms with E-state index in [1.54, 1.807) is 41.5 Å². The average molecular weight is 764 g/mol. The summed E-state index contributed by atoms with van der Waals surface area (Å²) in [7, 11) is 6.68. The third kappa shape index (κ3) is 9.80. The SMILES string of the molecule is COC1(C)CC(OC2C(C)C(=O)OC(C(C)O)C(C)(O)C(O)C(C)C(=O)C(C)CC(C)(OC)C(OC3OC(C)CC(N(C)C)C3O)C2C)OC(C)C1O. The standard InChI is InChI=1S/C38H69NO14/c1-18-16-37(9,48-14)32(53-35-28(42)25(39(11)12)15-19(2)49-35)21(4)29(51-26-17-36(8,47-13)31(44)24(7)50-26)22(5)34(45)52-33(23(6)40)38(10,46)30(43)20(3)27(18)41/h18-26,28-33,35,40,42-44,46H,15-17H2,1-14H3. The summed E-state index contributed by atoms with van der Waals surface area (Å²) in [6.07, 6.45) is -11.5. The van der Waals surface area contributed by atoms with Gasteiger partial charge in [-0.2, -0.15) is 0 Å². The minimum absolute atomic E-state index is 0.0578. The van der Waals surface area contributed by atoms with Crippen LogP contribution in [0.3, 0.4) is 0 Å². The number of nitrogens with zero attached hydrogens (tertiary/aromatic N) is 1. The summed E-state index contributed by atoms with van der Waals surface area (Å²) in [5.41, 5.74) is -4.61. The number of methoxy groups -OCH3 is 2. The Kier molecular flexibility index (Phi) is 15.5. The number of Topliss-reactive ketones (excluding diaryl/α,β-unsaturated/α-hetero) is 1. The highest BCUT2D eigenvalue weighted by atomic mass is 16.7. The van der Waals surface area contributed by atoms with Crippen LogP contribution in [0.25, 0.3) is 0 Å². The van der Waals surface area contributed by atoms with Crippen LogP contribution >= 0.6 is 0 Å². The quantitative estimate of drug-likeness (QED) is 0.222. The Morgan fingerprint density at radius 3 is 1.96 bits per heavy atom. The van der Waals surface area contributed by atoms with Gasteiger partial charge in [0.2, 0.25) is 0 Å². The lowest BCUT2D eigenvalue weighted by Gasteiger charge is -2.50. The summed E-state index contributed by atoms with van der Waals surface area (Å²) in [6.45, 7) is 16.1. The van der Waals surface area contributed by atoms with Gasteiger partial charge in [0, 0.05) is 44.4 Å². The van der Waals surface area contributed by atoms with Gasteiger partial charge in [-0.05, 0) is 75.4 Å². The largest absolute Gasteiger partial charge is 0.456 e. The van der Waals surface area contributed by atoms with Crippen molar-refractivity contribution in [3.63, 3.8) is 0 Å². The highest BCUT2D eigenvalue weighted by Gasteiger charge is 2.54. The molecular formula is C38H69NO14. The van der Waals surface area contributed by atoms with Crippen LogP contribution in [0.2, 0.25) is 0 Å². The Morgan fingerprint density at radius 2 is 1.43 bits per heavy atom. The highest BCUT2D eigenvalue weighted by molar-refractivity contribution is 5.83. The number of cyclic esters (lactones) is 1. The predicted octanol–water partition coefficient (Wildman–Crippen LogP) is 1.41. The number of carbonyl (C=O) groups excluding carboxylic acids is 2. The van der Waals surface area contributed by atoms with Gasteiger partial charge in [0.15, 0.2) is 18.7 Å². The van der Waals surface area contributed by atoms with Crippen molar-refractivity contribution in [3.05, 3.63) is 0 Å². The Bertz CT molecular complexity index is 1220. The van der Waals surface area contributed by atoms with E-state index in [4.69, 9.17) is 33.2 Å². The number of esters is 1. The fraction of sp³-hybridized carbons (Fsp3) is 0.947. The van der Waals surface area contributed by atoms with E-state index in [1.165, 1.54) is 35.0 Å². The van der Waals surface area contributed by atoms with Crippen LogP contribution in [0.15, 0.2) is 0 Å². The normalized spacial score (nSPS) is 48.9. The first-order valence-corrected chi connectivity index (χ1v) is 18.9. The number of hydrogen-bond acceptors (Lipinski definition) is 15. The van der Waals surface area contributed by atoms with Crippen molar-refractivity contribution in [3.8, 4) is 0 Å². The van der Waals surface area contributed by atoms with Crippen molar-refractivity contribution < 1.29 is 68.3 Å². The van der Waals surface area contributed by atoms with Crippen LogP contribution in [0.4, 0.5) is 0 Å². The van der Waals surface area contributed by atoms with Crippen LogP contribution in [-0.4, -0.2) is 161 Å². The molecule has 0 aliphatic carbocycles. The molecule has 3 saturated heterocycles. The summed E-state index contributed by atoms with van der Waals surface area (Å²) in [4.78, 5) is 30.1. The van der Waals surface area contributed by atoms with Crippen LogP contribution in [-0.2, 0) is 42.7 Å². The van der Waals surface area contributed by atoms with Gasteiger partial charge in [0.25, 0.3) is 0 Å². The molecule has 5 N–H and O–H groups in total. The number of likely N-dealkylation sites (N-methyl/N-ethyl adjacent to an activating group) is 1. The van der Waals surface area contributed by atoms with E-state index in [2.05, 4.69) is 0 Å². The molecular weight excluding hydrogens is 694 g/mol. The van der Waals surface area contributed by atoms with Crippen molar-refractivity contribution in [2.75, 3.05) is 28.3 Å². The zero-order valence-electron chi connectivity index (χ0n) is 34.2. The van der Waals surface area contributed by atoms with Gasteiger partial charge in [-0.15, -0.1) is 0 Å². The molecule has 19 unspecified atom stereocenters. The Labute approximate surface area is 315 Å². The molecule has 15 heteroatoms. The maximum Gasteiger partial charge on any atom is 0.311 e. The van der Waals surface area contributed by atoms with Gasteiger partial charge in [0.05, 0.1) is 53.7 Å². The van der Waals surface area contributed by atoms with Crippen LogP contribution < -0.4 is 0 Å². The van der Waals surface area contributed by atoms with Crippen molar-refractivity contribution in [2.45, 2.75) is 179 Å². The third-order valence-electron chi connectivity index (χ3n) is 12.2. The highest BCUT2D eigenvalue weighted by Crippen LogP contribution is 2.42. The van der Waals surface area contributed by atoms with E-state index in [0.29, 0.717) is 6.42 Å². The number of carbonyl (C=O) groups is 2. The first-order chi connectivity index (χ1) is 24.4. The van der Waals surface area contributed by atoms with Gasteiger partial charge < -0.3 is 63.6 Å². The van der Waals surface area contributed by atoms with E-state index in [1.807, 2.05) is 25.9 Å². The monoisotopic (exact) mass is 763 g/mol. The number of ketones is 1. The third-order valence-corrected chi connectivity index (χ3v) is 12.2. The summed E-state index contributed by atoms with van der Waals surface area (Å²) >= 11 is 0. The van der Waals surface area contributed by atoms with Crippen molar-refractivity contribution in [1.82, 2.24) is 4.90 Å². The topological polar surface area (TPSA) is 203 Å². The Balaban J connectivity index is 2.24. The second-order valence-corrected chi connectivity index (χ2v) is 16.9. The molecule has 3 aliphatic rings. The number of hydrogen-bond donors (Lipinski definition) is 5. The molecule has 19 atom stereocenters. The molecule has 3 aliphatic heterocycles. The molecule has 0 aromatic carbocycles. The first kappa shape index (κ1) is 46.0.